The van der Waals surface area contributed by atoms with Gasteiger partial charge < -0.3 is 11.1 Å². The van der Waals surface area contributed by atoms with Crippen LogP contribution in [0.15, 0.2) is 60.7 Å². The Morgan fingerprint density at radius 2 is 1.31 bits per heavy atom. The molecule has 29 heavy (non-hydrogen) atoms. The summed E-state index contributed by atoms with van der Waals surface area (Å²) in [6.45, 7) is 0. The molecule has 2 aromatic rings. The van der Waals surface area contributed by atoms with Crippen LogP contribution in [-0.4, -0.2) is 18.0 Å². The van der Waals surface area contributed by atoms with Gasteiger partial charge in [-0.1, -0.05) is 60.7 Å². The monoisotopic (exact) mass is 392 g/mol. The van der Waals surface area contributed by atoms with E-state index in [4.69, 9.17) is 5.73 Å². The minimum absolute atomic E-state index is 0.153. The predicted octanol–water partition coefficient (Wildman–Crippen LogP) is 5.03. The van der Waals surface area contributed by atoms with Gasteiger partial charge in [-0.2, -0.15) is 0 Å². The number of hydrogen-bond acceptors (Lipinski definition) is 2. The van der Waals surface area contributed by atoms with E-state index in [2.05, 4.69) is 66.0 Å². The lowest BCUT2D eigenvalue weighted by Crippen LogP contribution is -2.41. The van der Waals surface area contributed by atoms with Crippen molar-refractivity contribution in [3.05, 3.63) is 71.8 Å². The van der Waals surface area contributed by atoms with Gasteiger partial charge in [0.05, 0.1) is 0 Å². The van der Waals surface area contributed by atoms with E-state index < -0.39 is 0 Å². The lowest BCUT2D eigenvalue weighted by atomic mass is 9.85. The van der Waals surface area contributed by atoms with Crippen LogP contribution in [0.2, 0.25) is 0 Å². The molecule has 2 aromatic carbocycles. The maximum atomic E-state index is 12.8. The minimum atomic E-state index is 0.153. The maximum Gasteiger partial charge on any atom is 0.223 e. The summed E-state index contributed by atoms with van der Waals surface area (Å²) < 4.78 is 0. The predicted molar refractivity (Wildman–Crippen MR) is 121 cm³/mol. The Kier molecular flexibility index (Phi) is 8.76. The molecule has 3 rings (SSSR count). The molecule has 3 N–H and O–H groups in total. The summed E-state index contributed by atoms with van der Waals surface area (Å²) in [5.74, 6) is 0.405. The third-order valence-electron chi connectivity index (χ3n) is 6.21. The van der Waals surface area contributed by atoms with E-state index in [9.17, 15) is 4.79 Å². The molecule has 3 heteroatoms. The first-order chi connectivity index (χ1) is 14.2. The van der Waals surface area contributed by atoms with Crippen molar-refractivity contribution < 1.29 is 4.79 Å². The molecule has 0 spiro atoms. The molecule has 0 saturated heterocycles. The highest BCUT2D eigenvalue weighted by Crippen LogP contribution is 2.24. The summed E-state index contributed by atoms with van der Waals surface area (Å²) >= 11 is 0. The number of carbonyl (C=O) groups excluding carboxylic acids is 1. The summed E-state index contributed by atoms with van der Waals surface area (Å²) in [4.78, 5) is 12.8. The minimum Gasteiger partial charge on any atom is -0.353 e. The van der Waals surface area contributed by atoms with Crippen LogP contribution < -0.4 is 11.1 Å². The number of rotatable bonds is 10. The van der Waals surface area contributed by atoms with Gasteiger partial charge in [-0.3, -0.25) is 4.79 Å². The van der Waals surface area contributed by atoms with Crippen molar-refractivity contribution in [3.63, 3.8) is 0 Å². The Labute approximate surface area is 176 Å². The van der Waals surface area contributed by atoms with Crippen molar-refractivity contribution in [2.45, 2.75) is 76.3 Å². The zero-order valence-electron chi connectivity index (χ0n) is 17.6. The number of benzene rings is 2. The Balaban J connectivity index is 1.49. The van der Waals surface area contributed by atoms with E-state index in [1.165, 1.54) is 11.1 Å². The Morgan fingerprint density at radius 3 is 1.79 bits per heavy atom. The largest absolute Gasteiger partial charge is 0.353 e. The number of aryl methyl sites for hydroxylation is 2. The van der Waals surface area contributed by atoms with E-state index in [0.29, 0.717) is 0 Å². The van der Waals surface area contributed by atoms with Gasteiger partial charge in [0, 0.05) is 18.0 Å². The fourth-order valence-corrected chi connectivity index (χ4v) is 4.38. The zero-order valence-corrected chi connectivity index (χ0v) is 17.6. The molecule has 1 fully saturated rings. The SMILES string of the molecule is NC1CCC(C(=O)NC(CCCc2ccccc2)CCCc2ccccc2)CC1. The van der Waals surface area contributed by atoms with Gasteiger partial charge in [-0.25, -0.2) is 0 Å². The van der Waals surface area contributed by atoms with Crippen LogP contribution >= 0.6 is 0 Å². The highest BCUT2D eigenvalue weighted by atomic mass is 16.1. The van der Waals surface area contributed by atoms with Gasteiger partial charge in [0.25, 0.3) is 0 Å². The van der Waals surface area contributed by atoms with Crippen LogP contribution in [0.4, 0.5) is 0 Å². The molecule has 0 atom stereocenters. The van der Waals surface area contributed by atoms with Gasteiger partial charge in [0.1, 0.15) is 0 Å². The Hall–Kier alpha value is -2.13. The highest BCUT2D eigenvalue weighted by Gasteiger charge is 2.26. The fourth-order valence-electron chi connectivity index (χ4n) is 4.38. The number of nitrogens with two attached hydrogens (primary N) is 1. The van der Waals surface area contributed by atoms with E-state index in [1.54, 1.807) is 0 Å². The first kappa shape index (κ1) is 21.6. The number of hydrogen-bond donors (Lipinski definition) is 2. The van der Waals surface area contributed by atoms with Crippen molar-refractivity contribution in [2.75, 3.05) is 0 Å². The molecule has 3 nitrogen and oxygen atoms in total. The van der Waals surface area contributed by atoms with Crippen LogP contribution in [0.5, 0.6) is 0 Å². The van der Waals surface area contributed by atoms with Crippen LogP contribution in [-0.2, 0) is 17.6 Å². The van der Waals surface area contributed by atoms with E-state index in [0.717, 1.165) is 64.2 Å². The average molecular weight is 393 g/mol. The molecule has 156 valence electrons. The summed E-state index contributed by atoms with van der Waals surface area (Å²) in [6, 6.07) is 21.8. The van der Waals surface area contributed by atoms with E-state index in [-0.39, 0.29) is 23.9 Å². The molecule has 1 aliphatic rings. The van der Waals surface area contributed by atoms with Gasteiger partial charge >= 0.3 is 0 Å². The van der Waals surface area contributed by atoms with Crippen molar-refractivity contribution in [3.8, 4) is 0 Å². The molecular weight excluding hydrogens is 356 g/mol. The normalized spacial score (nSPS) is 19.2. The van der Waals surface area contributed by atoms with Gasteiger partial charge in [0.2, 0.25) is 5.91 Å². The lowest BCUT2D eigenvalue weighted by Gasteiger charge is -2.27. The second-order valence-corrected chi connectivity index (χ2v) is 8.57. The fraction of sp³-hybridized carbons (Fsp3) is 0.500. The third-order valence-corrected chi connectivity index (χ3v) is 6.21. The lowest BCUT2D eigenvalue weighted by molar-refractivity contribution is -0.126. The highest BCUT2D eigenvalue weighted by molar-refractivity contribution is 5.79. The molecule has 1 saturated carbocycles. The Bertz CT molecular complexity index is 663. The molecule has 0 bridgehead atoms. The van der Waals surface area contributed by atoms with Crippen molar-refractivity contribution >= 4 is 5.91 Å². The smallest absolute Gasteiger partial charge is 0.223 e. The number of amides is 1. The van der Waals surface area contributed by atoms with Crippen LogP contribution in [0, 0.1) is 5.92 Å². The third kappa shape index (κ3) is 7.66. The molecular formula is C26H36N2O. The van der Waals surface area contributed by atoms with Gasteiger partial charge in [-0.05, 0) is 75.3 Å². The molecule has 1 aliphatic carbocycles. The molecule has 0 heterocycles. The first-order valence-corrected chi connectivity index (χ1v) is 11.3. The summed E-state index contributed by atoms with van der Waals surface area (Å²) in [5, 5.41) is 3.39. The summed E-state index contributed by atoms with van der Waals surface area (Å²) in [6.07, 6.45) is 10.3. The quantitative estimate of drug-likeness (QED) is 0.595. The molecule has 0 unspecified atom stereocenters. The number of carbonyl (C=O) groups is 1. The summed E-state index contributed by atoms with van der Waals surface area (Å²) in [5.41, 5.74) is 8.76. The topological polar surface area (TPSA) is 55.1 Å². The molecule has 0 aliphatic heterocycles. The van der Waals surface area contributed by atoms with Crippen molar-refractivity contribution in [1.29, 1.82) is 0 Å². The number of nitrogens with one attached hydrogen (secondary N) is 1. The second kappa shape index (κ2) is 11.8. The van der Waals surface area contributed by atoms with Crippen LogP contribution in [0.3, 0.4) is 0 Å². The van der Waals surface area contributed by atoms with E-state index >= 15 is 0 Å². The van der Waals surface area contributed by atoms with Crippen molar-refractivity contribution in [2.24, 2.45) is 11.7 Å². The molecule has 0 aromatic heterocycles. The van der Waals surface area contributed by atoms with Crippen LogP contribution in [0.1, 0.15) is 62.5 Å². The first-order valence-electron chi connectivity index (χ1n) is 11.3. The van der Waals surface area contributed by atoms with Gasteiger partial charge in [-0.15, -0.1) is 0 Å². The van der Waals surface area contributed by atoms with Gasteiger partial charge in [0.15, 0.2) is 0 Å². The summed E-state index contributed by atoms with van der Waals surface area (Å²) in [7, 11) is 0. The second-order valence-electron chi connectivity index (χ2n) is 8.57. The molecule has 0 radical (unpaired) electrons. The van der Waals surface area contributed by atoms with Crippen molar-refractivity contribution in [1.82, 2.24) is 5.32 Å². The zero-order chi connectivity index (χ0) is 20.3. The average Bonchev–Trinajstić information content (AvgIpc) is 2.75. The van der Waals surface area contributed by atoms with E-state index in [1.807, 2.05) is 0 Å². The Morgan fingerprint density at radius 1 is 0.828 bits per heavy atom. The maximum absolute atomic E-state index is 12.8. The standard InChI is InChI=1S/C26H36N2O/c27-24-19-17-23(18-20-24)26(29)28-25(15-7-13-21-9-3-1-4-10-21)16-8-14-22-11-5-2-6-12-22/h1-6,9-12,23-25H,7-8,13-20,27H2,(H,28,29). The molecule has 1 amide bonds. The van der Waals surface area contributed by atoms with Crippen LogP contribution in [0.25, 0.3) is 0 Å².